The van der Waals surface area contributed by atoms with E-state index in [0.717, 1.165) is 12.8 Å². The molecular weight excluding hydrogens is 677 g/mol. The topological polar surface area (TPSA) is 11.4 Å². The molecule has 0 bridgehead atoms. The second-order valence-electron chi connectivity index (χ2n) is 19.2. The number of hydrogen-bond acceptors (Lipinski definition) is 2. The number of hydrogen-bond donors (Lipinski definition) is 0. The summed E-state index contributed by atoms with van der Waals surface area (Å²) in [7, 11) is 0. The van der Waals surface area contributed by atoms with E-state index in [1.165, 1.54) is 120 Å². The number of nitrogens with zero attached hydrogens (tertiary/aromatic N) is 3. The first kappa shape index (κ1) is 31.9. The average molecular weight is 726 g/mol. The van der Waals surface area contributed by atoms with E-state index in [4.69, 9.17) is 0 Å². The monoisotopic (exact) mass is 725 g/mol. The zero-order valence-corrected chi connectivity index (χ0v) is 33.6. The van der Waals surface area contributed by atoms with Crippen LogP contribution in [0.4, 0.5) is 22.7 Å². The highest BCUT2D eigenvalue weighted by Gasteiger charge is 2.64. The Morgan fingerprint density at radius 2 is 1.34 bits per heavy atom. The molecule has 5 heterocycles. The van der Waals surface area contributed by atoms with Crippen molar-refractivity contribution in [2.45, 2.75) is 102 Å². The molecule has 0 saturated heterocycles. The molecule has 4 heteroatoms. The van der Waals surface area contributed by atoms with Crippen LogP contribution in [0.1, 0.15) is 93.2 Å². The number of benzene rings is 6. The first-order valence-corrected chi connectivity index (χ1v) is 21.2. The van der Waals surface area contributed by atoms with Crippen LogP contribution in [0.15, 0.2) is 109 Å². The van der Waals surface area contributed by atoms with Crippen molar-refractivity contribution in [3.63, 3.8) is 0 Å². The minimum Gasteiger partial charge on any atom is -0.334 e. The fourth-order valence-electron chi connectivity index (χ4n) is 14.2. The van der Waals surface area contributed by atoms with Crippen LogP contribution in [0.2, 0.25) is 0 Å². The third-order valence-electron chi connectivity index (χ3n) is 16.9. The van der Waals surface area contributed by atoms with Gasteiger partial charge in [0.2, 0.25) is 0 Å². The van der Waals surface area contributed by atoms with Gasteiger partial charge in [-0.05, 0) is 127 Å². The van der Waals surface area contributed by atoms with Crippen molar-refractivity contribution in [2.75, 3.05) is 9.80 Å². The van der Waals surface area contributed by atoms with Gasteiger partial charge in [0.05, 0.1) is 16.6 Å². The predicted octanol–water partition coefficient (Wildman–Crippen LogP) is 10.6. The first-order valence-electron chi connectivity index (χ1n) is 21.2. The Balaban J connectivity index is 1.21. The van der Waals surface area contributed by atoms with Crippen molar-refractivity contribution >= 4 is 67.7 Å². The maximum absolute atomic E-state index is 2.88. The van der Waals surface area contributed by atoms with Gasteiger partial charge < -0.3 is 14.4 Å². The van der Waals surface area contributed by atoms with Crippen LogP contribution >= 0.6 is 0 Å². The lowest BCUT2D eigenvalue weighted by Crippen LogP contribution is -2.63. The fraction of sp³-hybridized carbons (Fsp3) is 0.308. The standard InChI is InChI=1S/C52H48BN3/c1-31-27-32(2)45-42(28-31)55(51(5)25-12-11-24-50(45,51)4)34-29-43-46-44(30-34)56-48-38(49(3)26-23-33-15-7-9-18-37(33)52(49,56)6)19-14-21-40(48)53(46)39-20-13-17-36-35-16-8-10-22-41(35)54(43)47(36)39/h7-10,13-22,27-30H,11-12,23-26H2,1-6H3. The van der Waals surface area contributed by atoms with Crippen molar-refractivity contribution in [3.05, 3.63) is 143 Å². The van der Waals surface area contributed by atoms with E-state index in [9.17, 15) is 0 Å². The molecule has 7 aromatic rings. The number of rotatable bonds is 1. The van der Waals surface area contributed by atoms with Crippen molar-refractivity contribution in [2.24, 2.45) is 0 Å². The molecule has 274 valence electrons. The lowest BCUT2D eigenvalue weighted by Gasteiger charge is -2.53. The fourth-order valence-corrected chi connectivity index (χ4v) is 14.2. The van der Waals surface area contributed by atoms with Gasteiger partial charge in [0.1, 0.15) is 0 Å². The van der Waals surface area contributed by atoms with E-state index < -0.39 is 0 Å². The summed E-state index contributed by atoms with van der Waals surface area (Å²) in [4.78, 5) is 5.73. The van der Waals surface area contributed by atoms with Crippen molar-refractivity contribution in [1.29, 1.82) is 0 Å². The molecule has 4 unspecified atom stereocenters. The smallest absolute Gasteiger partial charge is 0.252 e. The van der Waals surface area contributed by atoms with E-state index in [2.05, 4.69) is 165 Å². The zero-order valence-electron chi connectivity index (χ0n) is 33.6. The van der Waals surface area contributed by atoms with Gasteiger partial charge in [-0.3, -0.25) is 0 Å². The molecule has 1 aromatic heterocycles. The summed E-state index contributed by atoms with van der Waals surface area (Å²) in [5, 5.41) is 2.70. The SMILES string of the molecule is Cc1cc(C)c2c(c1)N(c1cc3c4c(c1)-n1c5ccccc5c5cccc(c51)B4c1cccc4c1N3C1(C)c3ccccc3CCC41C)C1(C)CCCCC21C. The van der Waals surface area contributed by atoms with Crippen molar-refractivity contribution < 1.29 is 0 Å². The zero-order chi connectivity index (χ0) is 37.7. The van der Waals surface area contributed by atoms with Crippen LogP contribution in [0.3, 0.4) is 0 Å². The number of para-hydroxylation sites is 3. The summed E-state index contributed by atoms with van der Waals surface area (Å²) in [6, 6.07) is 43.3. The quantitative estimate of drug-likeness (QED) is 0.156. The summed E-state index contributed by atoms with van der Waals surface area (Å²) in [6.45, 7) is 15.2. The number of aromatic nitrogens is 1. The molecule has 0 N–H and O–H groups in total. The van der Waals surface area contributed by atoms with E-state index in [0.29, 0.717) is 0 Å². The molecule has 0 radical (unpaired) electrons. The van der Waals surface area contributed by atoms with Crippen LogP contribution in [0.25, 0.3) is 27.5 Å². The van der Waals surface area contributed by atoms with Gasteiger partial charge in [-0.1, -0.05) is 112 Å². The lowest BCUT2D eigenvalue weighted by molar-refractivity contribution is 0.194. The summed E-state index contributed by atoms with van der Waals surface area (Å²) in [5.41, 5.74) is 22.6. The molecule has 56 heavy (non-hydrogen) atoms. The molecule has 6 aliphatic rings. The molecule has 3 nitrogen and oxygen atoms in total. The molecule has 4 aliphatic heterocycles. The van der Waals surface area contributed by atoms with Crippen molar-refractivity contribution in [1.82, 2.24) is 4.57 Å². The molecular formula is C52H48BN3. The third-order valence-corrected chi connectivity index (χ3v) is 16.9. The van der Waals surface area contributed by atoms with Crippen LogP contribution < -0.4 is 26.2 Å². The summed E-state index contributed by atoms with van der Waals surface area (Å²) < 4.78 is 2.67. The van der Waals surface area contributed by atoms with Gasteiger partial charge in [0.25, 0.3) is 6.71 Å². The largest absolute Gasteiger partial charge is 0.334 e. The Morgan fingerprint density at radius 3 is 2.23 bits per heavy atom. The van der Waals surface area contributed by atoms with Gasteiger partial charge in [0.15, 0.2) is 0 Å². The molecule has 0 spiro atoms. The molecule has 13 rings (SSSR count). The number of anilines is 4. The second-order valence-corrected chi connectivity index (χ2v) is 19.2. The Bertz CT molecular complexity index is 2960. The van der Waals surface area contributed by atoms with Crippen LogP contribution in [-0.4, -0.2) is 16.8 Å². The second kappa shape index (κ2) is 10.0. The maximum Gasteiger partial charge on any atom is 0.252 e. The average Bonchev–Trinajstić information content (AvgIpc) is 3.73. The normalized spacial score (nSPS) is 27.2. The van der Waals surface area contributed by atoms with Gasteiger partial charge in [-0.15, -0.1) is 0 Å². The van der Waals surface area contributed by atoms with Gasteiger partial charge in [-0.25, -0.2) is 0 Å². The molecule has 4 atom stereocenters. The van der Waals surface area contributed by atoms with Crippen LogP contribution in [0, 0.1) is 13.8 Å². The predicted molar refractivity (Wildman–Crippen MR) is 236 cm³/mol. The Morgan fingerprint density at radius 1 is 0.607 bits per heavy atom. The summed E-state index contributed by atoms with van der Waals surface area (Å²) in [5.74, 6) is 0. The molecule has 1 saturated carbocycles. The number of aryl methyl sites for hydroxylation is 3. The van der Waals surface area contributed by atoms with E-state index in [-0.39, 0.29) is 28.6 Å². The molecule has 2 aliphatic carbocycles. The highest BCUT2D eigenvalue weighted by atomic mass is 15.3. The molecule has 6 aromatic carbocycles. The van der Waals surface area contributed by atoms with E-state index in [1.807, 2.05) is 0 Å². The molecule has 1 fully saturated rings. The first-order chi connectivity index (χ1) is 27.1. The van der Waals surface area contributed by atoms with Gasteiger partial charge in [-0.2, -0.15) is 0 Å². The Hall–Kier alpha value is -5.22. The number of fused-ring (bicyclic) bond motifs is 15. The summed E-state index contributed by atoms with van der Waals surface area (Å²) in [6.07, 6.45) is 7.21. The van der Waals surface area contributed by atoms with Gasteiger partial charge in [0, 0.05) is 55.6 Å². The summed E-state index contributed by atoms with van der Waals surface area (Å²) >= 11 is 0. The third kappa shape index (κ3) is 3.30. The Labute approximate surface area is 331 Å². The van der Waals surface area contributed by atoms with Crippen LogP contribution in [-0.2, 0) is 22.8 Å². The van der Waals surface area contributed by atoms with Crippen LogP contribution in [0.5, 0.6) is 0 Å². The maximum atomic E-state index is 2.88. The Kier molecular flexibility index (Phi) is 5.71. The van der Waals surface area contributed by atoms with Gasteiger partial charge >= 0.3 is 0 Å². The highest BCUT2D eigenvalue weighted by molar-refractivity contribution is 7.00. The lowest BCUT2D eigenvalue weighted by atomic mass is 9.33. The van der Waals surface area contributed by atoms with E-state index >= 15 is 0 Å². The minimum absolute atomic E-state index is 0.0499. The van der Waals surface area contributed by atoms with Crippen molar-refractivity contribution in [3.8, 4) is 5.69 Å². The molecule has 0 amide bonds. The highest BCUT2D eigenvalue weighted by Crippen LogP contribution is 2.66. The minimum atomic E-state index is -0.262. The van der Waals surface area contributed by atoms with E-state index in [1.54, 1.807) is 5.56 Å².